The highest BCUT2D eigenvalue weighted by molar-refractivity contribution is 5.70. The number of rotatable bonds is 0. The molecule has 0 saturated heterocycles. The third kappa shape index (κ3) is 0.727. The fraction of sp³-hybridized carbons (Fsp3) is 0.375. The molecule has 0 aromatic carbocycles. The van der Waals surface area contributed by atoms with Crippen molar-refractivity contribution in [3.63, 3.8) is 0 Å². The van der Waals surface area contributed by atoms with Gasteiger partial charge in [0, 0.05) is 18.7 Å². The van der Waals surface area contributed by atoms with Crippen LogP contribution in [0.1, 0.15) is 6.42 Å². The zero-order chi connectivity index (χ0) is 6.10. The molecule has 0 radical (unpaired) electrons. The summed E-state index contributed by atoms with van der Waals surface area (Å²) in [4.78, 5) is 4.20. The Labute approximate surface area is 54.8 Å². The summed E-state index contributed by atoms with van der Waals surface area (Å²) >= 11 is 0. The SMILES string of the molecule is C1=C[C@H]2C=NCCC2=C1. The molecule has 1 aliphatic heterocycles. The van der Waals surface area contributed by atoms with Crippen molar-refractivity contribution in [2.45, 2.75) is 6.42 Å². The molecular formula is C8H9N. The van der Waals surface area contributed by atoms with Crippen molar-refractivity contribution in [3.8, 4) is 0 Å². The topological polar surface area (TPSA) is 12.4 Å². The molecular weight excluding hydrogens is 110 g/mol. The number of hydrogen-bond donors (Lipinski definition) is 0. The molecule has 1 heteroatoms. The lowest BCUT2D eigenvalue weighted by Gasteiger charge is -2.11. The highest BCUT2D eigenvalue weighted by Crippen LogP contribution is 2.23. The van der Waals surface area contributed by atoms with Gasteiger partial charge in [0.1, 0.15) is 0 Å². The second kappa shape index (κ2) is 1.83. The van der Waals surface area contributed by atoms with Crippen molar-refractivity contribution >= 4 is 6.21 Å². The van der Waals surface area contributed by atoms with E-state index < -0.39 is 0 Å². The predicted molar refractivity (Wildman–Crippen MR) is 38.7 cm³/mol. The molecule has 0 amide bonds. The minimum Gasteiger partial charge on any atom is -0.296 e. The van der Waals surface area contributed by atoms with Crippen LogP contribution in [0.3, 0.4) is 0 Å². The molecule has 9 heavy (non-hydrogen) atoms. The van der Waals surface area contributed by atoms with Gasteiger partial charge in [-0.3, -0.25) is 4.99 Å². The van der Waals surface area contributed by atoms with E-state index in [4.69, 9.17) is 0 Å². The number of nitrogens with zero attached hydrogens (tertiary/aromatic N) is 1. The van der Waals surface area contributed by atoms with Gasteiger partial charge >= 0.3 is 0 Å². The smallest absolute Gasteiger partial charge is 0.0423 e. The lowest BCUT2D eigenvalue weighted by Crippen LogP contribution is -2.06. The van der Waals surface area contributed by atoms with Crippen LogP contribution < -0.4 is 0 Å². The Morgan fingerprint density at radius 3 is 3.44 bits per heavy atom. The molecule has 0 N–H and O–H groups in total. The first-order chi connectivity index (χ1) is 4.47. The van der Waals surface area contributed by atoms with Crippen LogP contribution in [-0.2, 0) is 0 Å². The van der Waals surface area contributed by atoms with E-state index in [1.165, 1.54) is 5.57 Å². The van der Waals surface area contributed by atoms with Gasteiger partial charge in [-0.15, -0.1) is 0 Å². The summed E-state index contributed by atoms with van der Waals surface area (Å²) < 4.78 is 0. The Kier molecular flexibility index (Phi) is 1.01. The van der Waals surface area contributed by atoms with Crippen LogP contribution in [-0.4, -0.2) is 12.8 Å². The first kappa shape index (κ1) is 4.98. The molecule has 1 aliphatic carbocycles. The molecule has 0 saturated carbocycles. The van der Waals surface area contributed by atoms with Gasteiger partial charge in [0.15, 0.2) is 0 Å². The maximum atomic E-state index is 4.20. The molecule has 0 fully saturated rings. The van der Waals surface area contributed by atoms with E-state index in [1.807, 2.05) is 6.21 Å². The average molecular weight is 119 g/mol. The molecule has 1 atom stereocenters. The molecule has 2 aliphatic rings. The van der Waals surface area contributed by atoms with Gasteiger partial charge in [-0.05, 0) is 6.42 Å². The molecule has 0 spiro atoms. The van der Waals surface area contributed by atoms with E-state index in [0.717, 1.165) is 13.0 Å². The zero-order valence-corrected chi connectivity index (χ0v) is 5.25. The summed E-state index contributed by atoms with van der Waals surface area (Å²) in [5.41, 5.74) is 1.53. The maximum absolute atomic E-state index is 4.20. The summed E-state index contributed by atoms with van der Waals surface area (Å²) in [6.07, 6.45) is 9.72. The zero-order valence-electron chi connectivity index (χ0n) is 5.25. The number of hydrogen-bond acceptors (Lipinski definition) is 1. The maximum Gasteiger partial charge on any atom is 0.0423 e. The second-order valence-corrected chi connectivity index (χ2v) is 2.46. The van der Waals surface area contributed by atoms with Crippen molar-refractivity contribution in [1.82, 2.24) is 0 Å². The summed E-state index contributed by atoms with van der Waals surface area (Å²) in [6, 6.07) is 0. The predicted octanol–water partition coefficient (Wildman–Crippen LogP) is 1.57. The van der Waals surface area contributed by atoms with Gasteiger partial charge in [0.05, 0.1) is 0 Å². The molecule has 0 unspecified atom stereocenters. The minimum atomic E-state index is 0.554. The van der Waals surface area contributed by atoms with Crippen LogP contribution in [0.25, 0.3) is 0 Å². The quantitative estimate of drug-likeness (QED) is 0.459. The van der Waals surface area contributed by atoms with Gasteiger partial charge in [0.2, 0.25) is 0 Å². The van der Waals surface area contributed by atoms with Crippen LogP contribution in [0.5, 0.6) is 0 Å². The Bertz CT molecular complexity index is 199. The van der Waals surface area contributed by atoms with Crippen molar-refractivity contribution in [3.05, 3.63) is 23.8 Å². The highest BCUT2D eigenvalue weighted by atomic mass is 14.7. The van der Waals surface area contributed by atoms with Crippen LogP contribution in [0.2, 0.25) is 0 Å². The third-order valence-corrected chi connectivity index (χ3v) is 1.85. The Hall–Kier alpha value is -0.850. The van der Waals surface area contributed by atoms with Crippen LogP contribution in [0, 0.1) is 5.92 Å². The molecule has 0 bridgehead atoms. The fourth-order valence-electron chi connectivity index (χ4n) is 1.31. The first-order valence-corrected chi connectivity index (χ1v) is 3.34. The van der Waals surface area contributed by atoms with Crippen molar-refractivity contribution in [2.24, 2.45) is 10.9 Å². The first-order valence-electron chi connectivity index (χ1n) is 3.34. The van der Waals surface area contributed by atoms with Gasteiger partial charge in [-0.2, -0.15) is 0 Å². The number of allylic oxidation sites excluding steroid dienone is 3. The van der Waals surface area contributed by atoms with E-state index >= 15 is 0 Å². The minimum absolute atomic E-state index is 0.554. The van der Waals surface area contributed by atoms with E-state index in [1.54, 1.807) is 0 Å². The third-order valence-electron chi connectivity index (χ3n) is 1.85. The number of fused-ring (bicyclic) bond motifs is 1. The van der Waals surface area contributed by atoms with Crippen molar-refractivity contribution < 1.29 is 0 Å². The lowest BCUT2D eigenvalue weighted by molar-refractivity contribution is 0.840. The van der Waals surface area contributed by atoms with E-state index in [2.05, 4.69) is 23.2 Å². The Balaban J connectivity index is 2.31. The molecule has 1 heterocycles. The highest BCUT2D eigenvalue weighted by Gasteiger charge is 2.14. The van der Waals surface area contributed by atoms with Crippen molar-refractivity contribution in [1.29, 1.82) is 0 Å². The summed E-state index contributed by atoms with van der Waals surface area (Å²) in [5, 5.41) is 0. The Morgan fingerprint density at radius 1 is 1.56 bits per heavy atom. The molecule has 1 nitrogen and oxygen atoms in total. The molecule has 0 aromatic heterocycles. The van der Waals surface area contributed by atoms with E-state index in [-0.39, 0.29) is 0 Å². The standard InChI is InChI=1S/C8H9N/c1-2-7-4-5-9-6-8(7)3-1/h1-3,6,8H,4-5H2/t8-/m0/s1. The molecule has 46 valence electrons. The van der Waals surface area contributed by atoms with Crippen LogP contribution >= 0.6 is 0 Å². The Morgan fingerprint density at radius 2 is 2.56 bits per heavy atom. The average Bonchev–Trinajstić information content (AvgIpc) is 2.33. The van der Waals surface area contributed by atoms with Crippen LogP contribution in [0.4, 0.5) is 0 Å². The lowest BCUT2D eigenvalue weighted by atomic mass is 9.99. The van der Waals surface area contributed by atoms with Crippen LogP contribution in [0.15, 0.2) is 28.8 Å². The number of aliphatic imine (C=N–C) groups is 1. The van der Waals surface area contributed by atoms with E-state index in [9.17, 15) is 0 Å². The molecule has 2 rings (SSSR count). The fourth-order valence-corrected chi connectivity index (χ4v) is 1.31. The van der Waals surface area contributed by atoms with Gasteiger partial charge in [0.25, 0.3) is 0 Å². The monoisotopic (exact) mass is 119 g/mol. The molecule has 0 aromatic rings. The summed E-state index contributed by atoms with van der Waals surface area (Å²) in [7, 11) is 0. The van der Waals surface area contributed by atoms with E-state index in [0.29, 0.717) is 5.92 Å². The summed E-state index contributed by atoms with van der Waals surface area (Å²) in [6.45, 7) is 0.990. The van der Waals surface area contributed by atoms with Crippen molar-refractivity contribution in [2.75, 3.05) is 6.54 Å². The second-order valence-electron chi connectivity index (χ2n) is 2.46. The van der Waals surface area contributed by atoms with Gasteiger partial charge in [-0.25, -0.2) is 0 Å². The van der Waals surface area contributed by atoms with Gasteiger partial charge in [-0.1, -0.05) is 23.8 Å². The normalized spacial score (nSPS) is 30.2. The largest absolute Gasteiger partial charge is 0.296 e. The summed E-state index contributed by atoms with van der Waals surface area (Å²) in [5.74, 6) is 0.554. The van der Waals surface area contributed by atoms with Gasteiger partial charge < -0.3 is 0 Å².